The second-order valence-corrected chi connectivity index (χ2v) is 4.09. The lowest BCUT2D eigenvalue weighted by Crippen LogP contribution is -2.49. The number of anilines is 1. The fourth-order valence-corrected chi connectivity index (χ4v) is 1.43. The maximum absolute atomic E-state index is 11.9. The fourth-order valence-electron chi connectivity index (χ4n) is 1.43. The van der Waals surface area contributed by atoms with Crippen LogP contribution in [0.3, 0.4) is 0 Å². The number of primary amides is 1. The van der Waals surface area contributed by atoms with Crippen molar-refractivity contribution in [1.29, 1.82) is 0 Å². The van der Waals surface area contributed by atoms with E-state index in [4.69, 9.17) is 5.73 Å². The summed E-state index contributed by atoms with van der Waals surface area (Å²) in [6.07, 6.45) is 0. The first-order valence-corrected chi connectivity index (χ1v) is 5.42. The van der Waals surface area contributed by atoms with Crippen molar-refractivity contribution in [1.82, 2.24) is 5.32 Å². The fraction of sp³-hybridized carbons (Fsp3) is 0.333. The van der Waals surface area contributed by atoms with Crippen LogP contribution in [0.1, 0.15) is 13.8 Å². The molecule has 0 radical (unpaired) electrons. The van der Waals surface area contributed by atoms with E-state index in [1.165, 1.54) is 0 Å². The molecule has 1 aromatic rings. The van der Waals surface area contributed by atoms with Gasteiger partial charge >= 0.3 is 6.03 Å². The zero-order valence-electron chi connectivity index (χ0n) is 9.94. The molecule has 92 valence electrons. The van der Waals surface area contributed by atoms with Crippen molar-refractivity contribution in [2.24, 2.45) is 11.7 Å². The third kappa shape index (κ3) is 4.14. The number of rotatable bonds is 4. The van der Waals surface area contributed by atoms with Gasteiger partial charge in [0, 0.05) is 5.69 Å². The highest BCUT2D eigenvalue weighted by Crippen LogP contribution is 2.08. The van der Waals surface area contributed by atoms with E-state index >= 15 is 0 Å². The normalized spacial score (nSPS) is 11.9. The number of hydrogen-bond acceptors (Lipinski definition) is 2. The molecule has 1 atom stereocenters. The summed E-state index contributed by atoms with van der Waals surface area (Å²) in [6.45, 7) is 3.68. The van der Waals surface area contributed by atoms with Gasteiger partial charge in [-0.25, -0.2) is 4.79 Å². The minimum absolute atomic E-state index is 0.0359. The summed E-state index contributed by atoms with van der Waals surface area (Å²) in [5, 5.41) is 5.15. The van der Waals surface area contributed by atoms with Crippen molar-refractivity contribution in [3.05, 3.63) is 30.3 Å². The van der Waals surface area contributed by atoms with Crippen molar-refractivity contribution < 1.29 is 9.59 Å². The molecular weight excluding hydrogens is 218 g/mol. The topological polar surface area (TPSA) is 84.2 Å². The Kier molecular flexibility index (Phi) is 4.51. The minimum Gasteiger partial charge on any atom is -0.352 e. The molecule has 0 aliphatic heterocycles. The molecule has 17 heavy (non-hydrogen) atoms. The van der Waals surface area contributed by atoms with Gasteiger partial charge in [-0.15, -0.1) is 0 Å². The van der Waals surface area contributed by atoms with Crippen LogP contribution in [0, 0.1) is 5.92 Å². The Morgan fingerprint density at radius 1 is 1.18 bits per heavy atom. The van der Waals surface area contributed by atoms with E-state index in [0.717, 1.165) is 0 Å². The largest absolute Gasteiger partial charge is 0.352 e. The molecule has 0 aromatic heterocycles. The van der Waals surface area contributed by atoms with E-state index in [1.807, 2.05) is 32.0 Å². The molecule has 0 aliphatic carbocycles. The molecule has 5 heteroatoms. The van der Waals surface area contributed by atoms with E-state index in [0.29, 0.717) is 5.69 Å². The van der Waals surface area contributed by atoms with Crippen molar-refractivity contribution in [3.63, 3.8) is 0 Å². The number of nitrogens with one attached hydrogen (secondary N) is 2. The number of carbonyl (C=O) groups is 2. The molecule has 0 saturated heterocycles. The molecule has 1 aromatic carbocycles. The molecule has 0 spiro atoms. The van der Waals surface area contributed by atoms with Gasteiger partial charge in [0.25, 0.3) is 0 Å². The Morgan fingerprint density at radius 3 is 2.24 bits per heavy atom. The van der Waals surface area contributed by atoms with Gasteiger partial charge in [-0.1, -0.05) is 32.0 Å². The lowest BCUT2D eigenvalue weighted by Gasteiger charge is -2.20. The predicted octanol–water partition coefficient (Wildman–Crippen LogP) is 1.32. The summed E-state index contributed by atoms with van der Waals surface area (Å²) < 4.78 is 0. The second-order valence-electron chi connectivity index (χ2n) is 4.09. The number of carbonyl (C=O) groups excluding carboxylic acids is 2. The Balaban J connectivity index is 2.69. The molecule has 0 saturated carbocycles. The first-order chi connectivity index (χ1) is 8.00. The molecule has 0 fully saturated rings. The Bertz CT molecular complexity index is 390. The molecule has 1 rings (SSSR count). The maximum Gasteiger partial charge on any atom is 0.312 e. The van der Waals surface area contributed by atoms with Crippen LogP contribution in [-0.4, -0.2) is 18.0 Å². The highest BCUT2D eigenvalue weighted by atomic mass is 16.2. The molecule has 4 N–H and O–H groups in total. The zero-order chi connectivity index (χ0) is 12.8. The van der Waals surface area contributed by atoms with Crippen molar-refractivity contribution >= 4 is 17.6 Å². The summed E-state index contributed by atoms with van der Waals surface area (Å²) in [6, 6.07) is 7.72. The second kappa shape index (κ2) is 5.89. The molecule has 0 heterocycles. The van der Waals surface area contributed by atoms with E-state index in [9.17, 15) is 9.59 Å². The molecule has 0 bridgehead atoms. The van der Waals surface area contributed by atoms with Gasteiger partial charge in [0.1, 0.15) is 6.04 Å². The van der Waals surface area contributed by atoms with Gasteiger partial charge in [0.2, 0.25) is 5.91 Å². The Labute approximate surface area is 100 Å². The predicted molar refractivity (Wildman–Crippen MR) is 66.4 cm³/mol. The first-order valence-electron chi connectivity index (χ1n) is 5.42. The Morgan fingerprint density at radius 2 is 1.76 bits per heavy atom. The van der Waals surface area contributed by atoms with Crippen LogP contribution in [0.2, 0.25) is 0 Å². The number of benzene rings is 1. The van der Waals surface area contributed by atoms with Gasteiger partial charge < -0.3 is 16.4 Å². The minimum atomic E-state index is -0.702. The third-order valence-electron chi connectivity index (χ3n) is 2.29. The van der Waals surface area contributed by atoms with E-state index in [-0.39, 0.29) is 11.8 Å². The van der Waals surface area contributed by atoms with Crippen LogP contribution in [0.25, 0.3) is 0 Å². The van der Waals surface area contributed by atoms with Crippen LogP contribution < -0.4 is 16.4 Å². The molecule has 0 unspecified atom stereocenters. The summed E-state index contributed by atoms with van der Waals surface area (Å²) in [4.78, 5) is 22.7. The lowest BCUT2D eigenvalue weighted by atomic mass is 10.0. The smallest absolute Gasteiger partial charge is 0.312 e. The van der Waals surface area contributed by atoms with Gasteiger partial charge in [-0.2, -0.15) is 0 Å². The SMILES string of the molecule is CC(C)[C@H](NC(N)=O)C(=O)Nc1ccccc1. The number of para-hydroxylation sites is 1. The zero-order valence-corrected chi connectivity index (χ0v) is 9.94. The number of nitrogens with two attached hydrogens (primary N) is 1. The number of hydrogen-bond donors (Lipinski definition) is 3. The van der Waals surface area contributed by atoms with Gasteiger partial charge in [0.15, 0.2) is 0 Å². The van der Waals surface area contributed by atoms with E-state index < -0.39 is 12.1 Å². The maximum atomic E-state index is 11.9. The van der Waals surface area contributed by atoms with Gasteiger partial charge in [-0.3, -0.25) is 4.79 Å². The van der Waals surface area contributed by atoms with E-state index in [1.54, 1.807) is 12.1 Å². The van der Waals surface area contributed by atoms with Gasteiger partial charge in [-0.05, 0) is 18.1 Å². The van der Waals surface area contributed by atoms with Crippen LogP contribution >= 0.6 is 0 Å². The van der Waals surface area contributed by atoms with Crippen LogP contribution in [0.4, 0.5) is 10.5 Å². The van der Waals surface area contributed by atoms with Crippen molar-refractivity contribution in [2.75, 3.05) is 5.32 Å². The van der Waals surface area contributed by atoms with Crippen LogP contribution in [0.5, 0.6) is 0 Å². The highest BCUT2D eigenvalue weighted by Gasteiger charge is 2.23. The standard InChI is InChI=1S/C12H17N3O2/c1-8(2)10(15-12(13)17)11(16)14-9-6-4-3-5-7-9/h3-8,10H,1-2H3,(H,14,16)(H3,13,15,17)/t10-/m0/s1. The molecule has 3 amide bonds. The average Bonchev–Trinajstić information content (AvgIpc) is 2.26. The van der Waals surface area contributed by atoms with Crippen LogP contribution in [-0.2, 0) is 4.79 Å². The van der Waals surface area contributed by atoms with Crippen LogP contribution in [0.15, 0.2) is 30.3 Å². The number of urea groups is 1. The van der Waals surface area contributed by atoms with Crippen molar-refractivity contribution in [3.8, 4) is 0 Å². The molecule has 0 aliphatic rings. The summed E-state index contributed by atoms with van der Waals surface area (Å²) in [7, 11) is 0. The summed E-state index contributed by atoms with van der Waals surface area (Å²) in [5.74, 6) is -0.309. The quantitative estimate of drug-likeness (QED) is 0.735. The average molecular weight is 235 g/mol. The van der Waals surface area contributed by atoms with Crippen molar-refractivity contribution in [2.45, 2.75) is 19.9 Å². The van der Waals surface area contributed by atoms with E-state index in [2.05, 4.69) is 10.6 Å². The highest BCUT2D eigenvalue weighted by molar-refractivity contribution is 5.96. The lowest BCUT2D eigenvalue weighted by molar-refractivity contribution is -0.118. The first kappa shape index (κ1) is 13.0. The third-order valence-corrected chi connectivity index (χ3v) is 2.29. The molecular formula is C12H17N3O2. The number of amides is 3. The molecule has 5 nitrogen and oxygen atoms in total. The summed E-state index contributed by atoms with van der Waals surface area (Å²) in [5.41, 5.74) is 5.72. The monoisotopic (exact) mass is 235 g/mol. The van der Waals surface area contributed by atoms with Gasteiger partial charge in [0.05, 0.1) is 0 Å². The Hall–Kier alpha value is -2.04. The summed E-state index contributed by atoms with van der Waals surface area (Å²) >= 11 is 0.